The number of hydrogen-bond donors (Lipinski definition) is 1. The zero-order chi connectivity index (χ0) is 25.8. The smallest absolute Gasteiger partial charge is 0.273 e. The van der Waals surface area contributed by atoms with Crippen molar-refractivity contribution in [2.45, 2.75) is 38.8 Å². The summed E-state index contributed by atoms with van der Waals surface area (Å²) in [6, 6.07) is 6.72. The summed E-state index contributed by atoms with van der Waals surface area (Å²) in [6.07, 6.45) is -0.398. The number of rotatable bonds is 11. The zero-order valence-corrected chi connectivity index (χ0v) is 20.6. The first-order valence-corrected chi connectivity index (χ1v) is 11.0. The molecule has 3 aromatic rings. The number of ether oxygens (including phenoxy) is 4. The van der Waals surface area contributed by atoms with Crippen LogP contribution in [0.25, 0.3) is 10.9 Å². The summed E-state index contributed by atoms with van der Waals surface area (Å²) in [5.74, 6) is -2.52. The van der Waals surface area contributed by atoms with Gasteiger partial charge in [-0.15, -0.1) is 0 Å². The third-order valence-corrected chi connectivity index (χ3v) is 5.41. The fourth-order valence-electron chi connectivity index (χ4n) is 3.79. The van der Waals surface area contributed by atoms with Crippen LogP contribution in [0, 0.1) is 12.7 Å². The maximum Gasteiger partial charge on any atom is 0.273 e. The van der Waals surface area contributed by atoms with Gasteiger partial charge in [-0.3, -0.25) is 0 Å². The molecule has 0 saturated carbocycles. The number of fused-ring (bicyclic) bond motifs is 1. The molecule has 0 amide bonds. The molecule has 2 aromatic carbocycles. The third-order valence-electron chi connectivity index (χ3n) is 5.41. The molecule has 7 nitrogen and oxygen atoms in total. The number of aromatic nitrogens is 2. The lowest BCUT2D eigenvalue weighted by Gasteiger charge is -2.22. The van der Waals surface area contributed by atoms with E-state index in [1.54, 1.807) is 40.2 Å². The standard InChI is InChI=1S/C25H30F3N3O4/c1-14(17-8-7-9-19(23(17)26)25(3,27)28)29-24-18-10-22(35-16(12-32-4)13-33-5)21(34-6)11-20(18)30-15(2)31-24/h7-11,14,16H,12-13H2,1-6H3,(H,29,30,31)/t14-/m1/s1. The number of hydrogen-bond acceptors (Lipinski definition) is 7. The van der Waals surface area contributed by atoms with Crippen LogP contribution in [0.1, 0.15) is 36.8 Å². The first-order valence-electron chi connectivity index (χ1n) is 11.0. The van der Waals surface area contributed by atoms with E-state index in [-0.39, 0.29) is 5.56 Å². The van der Waals surface area contributed by atoms with Gasteiger partial charge >= 0.3 is 0 Å². The molecule has 0 aliphatic carbocycles. The summed E-state index contributed by atoms with van der Waals surface area (Å²) in [4.78, 5) is 8.95. The normalized spacial score (nSPS) is 12.7. The highest BCUT2D eigenvalue weighted by atomic mass is 19.3. The van der Waals surface area contributed by atoms with Gasteiger partial charge in [0, 0.05) is 38.2 Å². The maximum absolute atomic E-state index is 15.0. The fraction of sp³-hybridized carbons (Fsp3) is 0.440. The average molecular weight is 494 g/mol. The van der Waals surface area contributed by atoms with E-state index in [0.29, 0.717) is 54.2 Å². The van der Waals surface area contributed by atoms with E-state index in [1.807, 2.05) is 0 Å². The van der Waals surface area contributed by atoms with Crippen molar-refractivity contribution in [2.24, 2.45) is 0 Å². The van der Waals surface area contributed by atoms with E-state index >= 15 is 0 Å². The maximum atomic E-state index is 15.0. The molecule has 1 atom stereocenters. The molecule has 0 spiro atoms. The van der Waals surface area contributed by atoms with Gasteiger partial charge in [0.1, 0.15) is 23.6 Å². The Hall–Kier alpha value is -3.11. The highest BCUT2D eigenvalue weighted by Gasteiger charge is 2.30. The number of nitrogens with one attached hydrogen (secondary N) is 1. The number of anilines is 1. The van der Waals surface area contributed by atoms with Crippen molar-refractivity contribution in [3.05, 3.63) is 53.1 Å². The van der Waals surface area contributed by atoms with E-state index in [2.05, 4.69) is 15.3 Å². The van der Waals surface area contributed by atoms with Crippen LogP contribution in [0.2, 0.25) is 0 Å². The van der Waals surface area contributed by atoms with Gasteiger partial charge in [-0.2, -0.15) is 0 Å². The van der Waals surface area contributed by atoms with E-state index in [0.717, 1.165) is 6.07 Å². The topological polar surface area (TPSA) is 74.7 Å². The van der Waals surface area contributed by atoms with Crippen LogP contribution in [0.15, 0.2) is 30.3 Å². The molecule has 1 heterocycles. The van der Waals surface area contributed by atoms with E-state index in [9.17, 15) is 13.2 Å². The SMILES string of the molecule is COCC(COC)Oc1cc2c(N[C@H](C)c3cccc(C(C)(F)F)c3F)nc(C)nc2cc1OC. The Morgan fingerprint density at radius 3 is 2.31 bits per heavy atom. The lowest BCUT2D eigenvalue weighted by atomic mass is 10.0. The number of nitrogens with zero attached hydrogens (tertiary/aromatic N) is 2. The monoisotopic (exact) mass is 493 g/mol. The Labute approximate surface area is 202 Å². The van der Waals surface area contributed by atoms with Crippen LogP contribution in [0.4, 0.5) is 19.0 Å². The highest BCUT2D eigenvalue weighted by molar-refractivity contribution is 5.92. The van der Waals surface area contributed by atoms with Gasteiger partial charge in [-0.25, -0.2) is 23.1 Å². The van der Waals surface area contributed by atoms with Gasteiger partial charge in [0.25, 0.3) is 5.92 Å². The molecule has 3 rings (SSSR count). The van der Waals surface area contributed by atoms with Crippen molar-refractivity contribution < 1.29 is 32.1 Å². The molecule has 1 aromatic heterocycles. The second-order valence-electron chi connectivity index (χ2n) is 8.25. The van der Waals surface area contributed by atoms with Gasteiger partial charge in [0.05, 0.1) is 37.4 Å². The van der Waals surface area contributed by atoms with Gasteiger partial charge < -0.3 is 24.3 Å². The molecule has 10 heteroatoms. The summed E-state index contributed by atoms with van der Waals surface area (Å²) in [7, 11) is 4.64. The molecule has 0 saturated heterocycles. The van der Waals surface area contributed by atoms with Crippen LogP contribution in [-0.2, 0) is 15.4 Å². The molecule has 190 valence electrons. The zero-order valence-electron chi connectivity index (χ0n) is 20.6. The number of methoxy groups -OCH3 is 3. The molecule has 0 bridgehead atoms. The second kappa shape index (κ2) is 11.1. The summed E-state index contributed by atoms with van der Waals surface area (Å²) >= 11 is 0. The minimum Gasteiger partial charge on any atom is -0.493 e. The van der Waals surface area contributed by atoms with Crippen molar-refractivity contribution in [3.63, 3.8) is 0 Å². The van der Waals surface area contributed by atoms with Gasteiger partial charge in [-0.05, 0) is 19.9 Å². The Bertz CT molecular complexity index is 1160. The van der Waals surface area contributed by atoms with Crippen LogP contribution >= 0.6 is 0 Å². The average Bonchev–Trinajstić information content (AvgIpc) is 2.78. The quantitative estimate of drug-likeness (QED) is 0.383. The molecular formula is C25H30F3N3O4. The number of benzene rings is 2. The first-order chi connectivity index (χ1) is 16.6. The Morgan fingerprint density at radius 1 is 1.03 bits per heavy atom. The summed E-state index contributed by atoms with van der Waals surface area (Å²) in [5, 5.41) is 3.74. The molecule has 0 aliphatic rings. The predicted octanol–water partition coefficient (Wildman–Crippen LogP) is 5.41. The number of alkyl halides is 2. The second-order valence-corrected chi connectivity index (χ2v) is 8.25. The van der Waals surface area contributed by atoms with Crippen molar-refractivity contribution in [2.75, 3.05) is 39.9 Å². The molecule has 0 fully saturated rings. The molecule has 0 unspecified atom stereocenters. The largest absolute Gasteiger partial charge is 0.493 e. The predicted molar refractivity (Wildman–Crippen MR) is 127 cm³/mol. The first kappa shape index (κ1) is 26.5. The van der Waals surface area contributed by atoms with E-state index in [1.165, 1.54) is 19.2 Å². The molecular weight excluding hydrogens is 463 g/mol. The van der Waals surface area contributed by atoms with Crippen LogP contribution in [0.5, 0.6) is 11.5 Å². The minimum absolute atomic E-state index is 0.0960. The lowest BCUT2D eigenvalue weighted by molar-refractivity contribution is 0.0136. The van der Waals surface area contributed by atoms with E-state index < -0.39 is 29.4 Å². The Morgan fingerprint density at radius 2 is 1.71 bits per heavy atom. The van der Waals surface area contributed by atoms with Gasteiger partial charge in [0.15, 0.2) is 11.5 Å². The van der Waals surface area contributed by atoms with Crippen molar-refractivity contribution in [1.29, 1.82) is 0 Å². The van der Waals surface area contributed by atoms with Crippen LogP contribution in [0.3, 0.4) is 0 Å². The Balaban J connectivity index is 2.04. The lowest BCUT2D eigenvalue weighted by Crippen LogP contribution is -2.27. The van der Waals surface area contributed by atoms with Crippen molar-refractivity contribution in [1.82, 2.24) is 9.97 Å². The third kappa shape index (κ3) is 6.12. The van der Waals surface area contributed by atoms with Gasteiger partial charge in [-0.1, -0.05) is 18.2 Å². The number of halogens is 3. The Kier molecular flexibility index (Phi) is 8.39. The van der Waals surface area contributed by atoms with Crippen molar-refractivity contribution in [3.8, 4) is 11.5 Å². The molecule has 35 heavy (non-hydrogen) atoms. The summed E-state index contributed by atoms with van der Waals surface area (Å²) in [5.41, 5.74) is 0.00884. The summed E-state index contributed by atoms with van der Waals surface area (Å²) < 4.78 is 64.6. The van der Waals surface area contributed by atoms with E-state index in [4.69, 9.17) is 18.9 Å². The fourth-order valence-corrected chi connectivity index (χ4v) is 3.79. The van der Waals surface area contributed by atoms with Crippen LogP contribution < -0.4 is 14.8 Å². The molecule has 0 radical (unpaired) electrons. The van der Waals surface area contributed by atoms with Crippen molar-refractivity contribution >= 4 is 16.7 Å². The number of aryl methyl sites for hydroxylation is 1. The molecule has 1 N–H and O–H groups in total. The van der Waals surface area contributed by atoms with Crippen LogP contribution in [-0.4, -0.2) is 50.6 Å². The molecule has 0 aliphatic heterocycles. The minimum atomic E-state index is -3.30. The van der Waals surface area contributed by atoms with Gasteiger partial charge in [0.2, 0.25) is 0 Å². The highest BCUT2D eigenvalue weighted by Crippen LogP contribution is 2.37. The summed E-state index contributed by atoms with van der Waals surface area (Å²) in [6.45, 7) is 4.65.